The summed E-state index contributed by atoms with van der Waals surface area (Å²) in [5.41, 5.74) is 1.11. The van der Waals surface area contributed by atoms with Gasteiger partial charge in [0.15, 0.2) is 0 Å². The Kier molecular flexibility index (Phi) is 10.7. The lowest BCUT2D eigenvalue weighted by Crippen LogP contribution is -2.58. The van der Waals surface area contributed by atoms with Crippen LogP contribution in [0.2, 0.25) is 0 Å². The number of carbonyl (C=O) groups excluding carboxylic acids is 3. The normalized spacial score (nSPS) is 19.0. The molecule has 2 saturated heterocycles. The molecule has 4 N–H and O–H groups in total. The summed E-state index contributed by atoms with van der Waals surface area (Å²) in [6.45, 7) is 1.98. The number of likely N-dealkylation sites (tertiary alicyclic amines) is 1. The number of nitrogens with zero attached hydrogens (tertiary/aromatic N) is 2. The van der Waals surface area contributed by atoms with E-state index in [4.69, 9.17) is 0 Å². The Morgan fingerprint density at radius 3 is 2.45 bits per heavy atom. The van der Waals surface area contributed by atoms with Gasteiger partial charge in [0.25, 0.3) is 17.4 Å². The molecule has 3 aromatic rings. The van der Waals surface area contributed by atoms with Gasteiger partial charge in [-0.15, -0.1) is 13.2 Å². The molecule has 0 bridgehead atoms. The Balaban J connectivity index is 1.19. The molecule has 2 aliphatic heterocycles. The van der Waals surface area contributed by atoms with Crippen LogP contribution < -0.4 is 31.6 Å². The van der Waals surface area contributed by atoms with Crippen molar-refractivity contribution in [3.8, 4) is 16.9 Å². The summed E-state index contributed by atoms with van der Waals surface area (Å²) in [5, 5.41) is 10.6. The number of nitrogens with one attached hydrogen (secondary N) is 4. The minimum Gasteiger partial charge on any atom is -0.405 e. The average molecular weight is 723 g/mol. The first kappa shape index (κ1) is 37.2. The number of piperidine rings is 2. The Morgan fingerprint density at radius 2 is 1.78 bits per heavy atom. The summed E-state index contributed by atoms with van der Waals surface area (Å²) in [6.07, 6.45) is -3.55. The van der Waals surface area contributed by atoms with Crippen LogP contribution in [0.15, 0.2) is 47.4 Å². The largest absolute Gasteiger partial charge is 0.573 e. The number of pyridine rings is 1. The van der Waals surface area contributed by atoms with Crippen LogP contribution in [0.4, 0.5) is 37.7 Å². The Labute approximate surface area is 288 Å². The molecule has 2 fully saturated rings. The van der Waals surface area contributed by atoms with Crippen molar-refractivity contribution in [2.24, 2.45) is 7.05 Å². The third-order valence-corrected chi connectivity index (χ3v) is 8.95. The fraction of sp³-hybridized carbons (Fsp3) is 0.412. The number of anilines is 2. The highest BCUT2D eigenvalue weighted by Crippen LogP contribution is 2.35. The molecule has 0 radical (unpaired) electrons. The van der Waals surface area contributed by atoms with Crippen LogP contribution in [-0.4, -0.2) is 77.7 Å². The number of rotatable bonds is 10. The zero-order chi connectivity index (χ0) is 37.2. The Hall–Kier alpha value is -5.06. The Bertz CT molecular complexity index is 1900. The third kappa shape index (κ3) is 8.64. The van der Waals surface area contributed by atoms with Crippen molar-refractivity contribution in [2.75, 3.05) is 36.8 Å². The standard InChI is InChI=1S/C34H36F6N6O5/c1-18-19(2)31(49)45(3)16-23(18)20-4-6-22(27(14-20)51-34(38,39)40)32(50)46-13-10-28(33(36,37)17-46)42-12-11-41-25-7-5-21(15-24(25)35)43-26-8-9-29(47)44-30(26)48/h4-7,14-16,26,28,41-43H,8-13,17H2,1-3H3,(H,44,47,48)/t26-,28-/m1/s1. The molecule has 274 valence electrons. The number of carbonyl (C=O) groups is 3. The second-order valence-electron chi connectivity index (χ2n) is 12.5. The van der Waals surface area contributed by atoms with Crippen LogP contribution in [0.5, 0.6) is 5.75 Å². The first-order chi connectivity index (χ1) is 23.9. The molecule has 3 amide bonds. The van der Waals surface area contributed by atoms with Gasteiger partial charge in [0, 0.05) is 56.1 Å². The molecule has 5 rings (SSSR count). The molecule has 2 aliphatic rings. The SMILES string of the molecule is Cc1c(-c2ccc(C(=O)N3CC[C@@H](NCCNc4ccc(N[C@@H]5CCC(=O)NC5=O)cc4F)C(F)(F)C3)c(OC(F)(F)F)c2)cn(C)c(=O)c1C. The second-order valence-corrected chi connectivity index (χ2v) is 12.5. The summed E-state index contributed by atoms with van der Waals surface area (Å²) in [6, 6.07) is 5.47. The molecule has 17 heteroatoms. The van der Waals surface area contributed by atoms with Crippen LogP contribution in [0.25, 0.3) is 11.1 Å². The van der Waals surface area contributed by atoms with E-state index in [9.17, 15) is 36.7 Å². The molecule has 0 aliphatic carbocycles. The number of aromatic nitrogens is 1. The smallest absolute Gasteiger partial charge is 0.405 e. The molecule has 0 unspecified atom stereocenters. The number of benzene rings is 2. The van der Waals surface area contributed by atoms with Crippen molar-refractivity contribution >= 4 is 29.1 Å². The van der Waals surface area contributed by atoms with E-state index in [1.165, 1.54) is 36.0 Å². The topological polar surface area (TPSA) is 134 Å². The van der Waals surface area contributed by atoms with E-state index in [1.807, 2.05) is 0 Å². The number of alkyl halides is 5. The maximum Gasteiger partial charge on any atom is 0.573 e. The fourth-order valence-electron chi connectivity index (χ4n) is 6.10. The summed E-state index contributed by atoms with van der Waals surface area (Å²) >= 11 is 0. The van der Waals surface area contributed by atoms with Gasteiger partial charge < -0.3 is 30.2 Å². The second kappa shape index (κ2) is 14.7. The van der Waals surface area contributed by atoms with Gasteiger partial charge in [-0.25, -0.2) is 13.2 Å². The van der Waals surface area contributed by atoms with Gasteiger partial charge >= 0.3 is 6.36 Å². The number of halogens is 6. The minimum absolute atomic E-state index is 0.0150. The minimum atomic E-state index is -5.19. The molecule has 11 nitrogen and oxygen atoms in total. The summed E-state index contributed by atoms with van der Waals surface area (Å²) in [4.78, 5) is 49.7. The summed E-state index contributed by atoms with van der Waals surface area (Å²) in [5.74, 6) is -6.94. The number of ether oxygens (including phenoxy) is 1. The van der Waals surface area contributed by atoms with Crippen LogP contribution in [-0.2, 0) is 16.6 Å². The molecular formula is C34H36F6N6O5. The molecule has 2 atom stereocenters. The van der Waals surface area contributed by atoms with Crippen molar-refractivity contribution in [3.05, 3.63) is 75.5 Å². The molecular weight excluding hydrogens is 686 g/mol. The first-order valence-electron chi connectivity index (χ1n) is 16.0. The number of imide groups is 1. The molecule has 51 heavy (non-hydrogen) atoms. The first-order valence-corrected chi connectivity index (χ1v) is 16.0. The fourth-order valence-corrected chi connectivity index (χ4v) is 6.10. The van der Waals surface area contributed by atoms with Crippen molar-refractivity contribution in [2.45, 2.75) is 57.5 Å². The summed E-state index contributed by atoms with van der Waals surface area (Å²) < 4.78 is 91.0. The molecule has 3 heterocycles. The lowest BCUT2D eigenvalue weighted by atomic mass is 9.96. The van der Waals surface area contributed by atoms with Gasteiger partial charge in [0.2, 0.25) is 11.8 Å². The maximum absolute atomic E-state index is 15.3. The van der Waals surface area contributed by atoms with Crippen molar-refractivity contribution in [3.63, 3.8) is 0 Å². The van der Waals surface area contributed by atoms with Crippen LogP contribution in [0.3, 0.4) is 0 Å². The predicted molar refractivity (Wildman–Crippen MR) is 175 cm³/mol. The highest BCUT2D eigenvalue weighted by molar-refractivity contribution is 6.01. The molecule has 0 spiro atoms. The van der Waals surface area contributed by atoms with Crippen LogP contribution >= 0.6 is 0 Å². The van der Waals surface area contributed by atoms with E-state index >= 15 is 8.78 Å². The molecule has 0 saturated carbocycles. The van der Waals surface area contributed by atoms with E-state index in [-0.39, 0.29) is 61.6 Å². The zero-order valence-corrected chi connectivity index (χ0v) is 27.8. The van der Waals surface area contributed by atoms with Gasteiger partial charge in [-0.05, 0) is 68.1 Å². The summed E-state index contributed by atoms with van der Waals surface area (Å²) in [7, 11) is 1.49. The Morgan fingerprint density at radius 1 is 1.04 bits per heavy atom. The molecule has 2 aromatic carbocycles. The van der Waals surface area contributed by atoms with Crippen molar-refractivity contribution < 1.29 is 45.5 Å². The van der Waals surface area contributed by atoms with Crippen molar-refractivity contribution in [1.82, 2.24) is 20.1 Å². The monoisotopic (exact) mass is 722 g/mol. The van der Waals surface area contributed by atoms with E-state index < -0.39 is 59.9 Å². The number of amides is 3. The third-order valence-electron chi connectivity index (χ3n) is 8.95. The van der Waals surface area contributed by atoms with Gasteiger partial charge in [0.1, 0.15) is 17.6 Å². The average Bonchev–Trinajstić information content (AvgIpc) is 3.05. The van der Waals surface area contributed by atoms with Gasteiger partial charge in [0.05, 0.1) is 23.8 Å². The van der Waals surface area contributed by atoms with E-state index in [0.717, 1.165) is 23.1 Å². The van der Waals surface area contributed by atoms with Crippen LogP contribution in [0.1, 0.15) is 40.7 Å². The number of hydrogen-bond acceptors (Lipinski definition) is 8. The van der Waals surface area contributed by atoms with E-state index in [0.29, 0.717) is 22.4 Å². The van der Waals surface area contributed by atoms with E-state index in [1.54, 1.807) is 13.8 Å². The zero-order valence-electron chi connectivity index (χ0n) is 27.8. The highest BCUT2D eigenvalue weighted by atomic mass is 19.4. The maximum atomic E-state index is 15.3. The number of aryl methyl sites for hydroxylation is 1. The number of hydrogen-bond donors (Lipinski definition) is 4. The van der Waals surface area contributed by atoms with Gasteiger partial charge in [-0.3, -0.25) is 24.5 Å². The molecule has 1 aromatic heterocycles. The van der Waals surface area contributed by atoms with Crippen LogP contribution in [0, 0.1) is 19.7 Å². The predicted octanol–water partition coefficient (Wildman–Crippen LogP) is 4.48. The quantitative estimate of drug-likeness (QED) is 0.137. The highest BCUT2D eigenvalue weighted by Gasteiger charge is 2.46. The lowest BCUT2D eigenvalue weighted by molar-refractivity contribution is -0.274. The van der Waals surface area contributed by atoms with Crippen molar-refractivity contribution in [1.29, 1.82) is 0 Å². The van der Waals surface area contributed by atoms with Gasteiger partial charge in [-0.2, -0.15) is 0 Å². The van der Waals surface area contributed by atoms with Gasteiger partial charge in [-0.1, -0.05) is 6.07 Å². The van der Waals surface area contributed by atoms with E-state index in [2.05, 4.69) is 26.0 Å². The lowest BCUT2D eigenvalue weighted by Gasteiger charge is -2.39.